The minimum atomic E-state index is -0.431. The number of hydrogen-bond acceptors (Lipinski definition) is 4. The van der Waals surface area contributed by atoms with E-state index in [0.29, 0.717) is 22.2 Å². The molecule has 0 unspecified atom stereocenters. The highest BCUT2D eigenvalue weighted by Crippen LogP contribution is 2.37. The monoisotopic (exact) mass is 287 g/mol. The van der Waals surface area contributed by atoms with Crippen molar-refractivity contribution >= 4 is 23.2 Å². The number of aromatic amines is 1. The summed E-state index contributed by atoms with van der Waals surface area (Å²) in [7, 11) is 0. The van der Waals surface area contributed by atoms with E-state index in [9.17, 15) is 4.79 Å². The van der Waals surface area contributed by atoms with E-state index in [1.807, 2.05) is 6.07 Å². The van der Waals surface area contributed by atoms with Crippen LogP contribution in [0.3, 0.4) is 0 Å². The van der Waals surface area contributed by atoms with E-state index in [0.717, 1.165) is 18.7 Å². The third kappa shape index (κ3) is 2.49. The lowest BCUT2D eigenvalue weighted by Crippen LogP contribution is -2.14. The molecule has 0 spiro atoms. The Labute approximate surface area is 119 Å². The average molecular weight is 288 g/mol. The number of nitriles is 1. The third-order valence-corrected chi connectivity index (χ3v) is 3.33. The van der Waals surface area contributed by atoms with Crippen molar-refractivity contribution < 1.29 is 4.79 Å². The highest BCUT2D eigenvalue weighted by atomic mass is 35.5. The highest BCUT2D eigenvalue weighted by Gasteiger charge is 2.28. The molecule has 100 valence electrons. The Kier molecular flexibility index (Phi) is 3.12. The van der Waals surface area contributed by atoms with Crippen LogP contribution in [0.2, 0.25) is 5.02 Å². The summed E-state index contributed by atoms with van der Waals surface area (Å²) in [5.41, 5.74) is 0.857. The molecular formula is C13H10ClN5O. The molecular weight excluding hydrogens is 278 g/mol. The van der Waals surface area contributed by atoms with Crippen molar-refractivity contribution in [1.29, 1.82) is 5.26 Å². The molecule has 0 saturated heterocycles. The maximum absolute atomic E-state index is 12.0. The van der Waals surface area contributed by atoms with Crippen LogP contribution in [-0.2, 0) is 0 Å². The van der Waals surface area contributed by atoms with E-state index in [2.05, 4.69) is 20.5 Å². The fraction of sp³-hybridized carbons (Fsp3) is 0.231. The molecule has 0 atom stereocenters. The van der Waals surface area contributed by atoms with Crippen LogP contribution in [0.5, 0.6) is 0 Å². The van der Waals surface area contributed by atoms with Gasteiger partial charge in [0.05, 0.1) is 22.3 Å². The molecule has 1 saturated carbocycles. The molecule has 2 N–H and O–H groups in total. The number of benzene rings is 1. The molecule has 0 aliphatic heterocycles. The summed E-state index contributed by atoms with van der Waals surface area (Å²) >= 11 is 5.99. The summed E-state index contributed by atoms with van der Waals surface area (Å²) in [4.78, 5) is 16.2. The zero-order valence-corrected chi connectivity index (χ0v) is 11.1. The molecule has 20 heavy (non-hydrogen) atoms. The summed E-state index contributed by atoms with van der Waals surface area (Å²) in [5, 5.41) is 18.3. The smallest absolute Gasteiger partial charge is 0.295 e. The van der Waals surface area contributed by atoms with E-state index in [-0.39, 0.29) is 5.82 Å². The van der Waals surface area contributed by atoms with Gasteiger partial charge in [-0.3, -0.25) is 9.89 Å². The van der Waals surface area contributed by atoms with Gasteiger partial charge in [0.15, 0.2) is 0 Å². The van der Waals surface area contributed by atoms with Gasteiger partial charge in [0.2, 0.25) is 5.82 Å². The lowest BCUT2D eigenvalue weighted by Gasteiger charge is -2.04. The van der Waals surface area contributed by atoms with Gasteiger partial charge >= 0.3 is 0 Å². The maximum atomic E-state index is 12.0. The minimum Gasteiger partial charge on any atom is -0.318 e. The van der Waals surface area contributed by atoms with Gasteiger partial charge in [0.1, 0.15) is 5.82 Å². The van der Waals surface area contributed by atoms with Crippen molar-refractivity contribution in [3.63, 3.8) is 0 Å². The van der Waals surface area contributed by atoms with Crippen molar-refractivity contribution in [2.45, 2.75) is 18.8 Å². The minimum absolute atomic E-state index is 0.0901. The molecule has 0 radical (unpaired) electrons. The van der Waals surface area contributed by atoms with Gasteiger partial charge in [-0.25, -0.2) is 4.98 Å². The number of nitrogens with zero attached hydrogens (tertiary/aromatic N) is 3. The van der Waals surface area contributed by atoms with Gasteiger partial charge in [-0.15, -0.1) is 5.10 Å². The Morgan fingerprint density at radius 2 is 2.30 bits per heavy atom. The summed E-state index contributed by atoms with van der Waals surface area (Å²) in [6.45, 7) is 0. The van der Waals surface area contributed by atoms with Crippen LogP contribution in [0.15, 0.2) is 18.2 Å². The molecule has 7 heteroatoms. The third-order valence-electron chi connectivity index (χ3n) is 3.02. The van der Waals surface area contributed by atoms with Crippen LogP contribution >= 0.6 is 11.6 Å². The SMILES string of the molecule is N#Cc1ccc(NC(=O)c2n[nH]c(C3CC3)n2)c(Cl)c1. The topological polar surface area (TPSA) is 94.5 Å². The number of H-pyrrole nitrogens is 1. The lowest BCUT2D eigenvalue weighted by atomic mass is 10.2. The molecule has 1 fully saturated rings. The summed E-state index contributed by atoms with van der Waals surface area (Å²) in [5.74, 6) is 0.815. The molecule has 6 nitrogen and oxygen atoms in total. The van der Waals surface area contributed by atoms with Crippen LogP contribution in [0, 0.1) is 11.3 Å². The van der Waals surface area contributed by atoms with Crippen LogP contribution in [0.4, 0.5) is 5.69 Å². The number of carbonyl (C=O) groups is 1. The first kappa shape index (κ1) is 12.6. The number of anilines is 1. The quantitative estimate of drug-likeness (QED) is 0.906. The Hall–Kier alpha value is -2.39. The van der Waals surface area contributed by atoms with Crippen LogP contribution in [0.25, 0.3) is 0 Å². The highest BCUT2D eigenvalue weighted by molar-refractivity contribution is 6.34. The molecule has 1 heterocycles. The second-order valence-electron chi connectivity index (χ2n) is 4.58. The first-order valence-corrected chi connectivity index (χ1v) is 6.48. The molecule has 3 rings (SSSR count). The first-order chi connectivity index (χ1) is 9.67. The number of amides is 1. The van der Waals surface area contributed by atoms with E-state index in [1.54, 1.807) is 12.1 Å². The van der Waals surface area contributed by atoms with Gasteiger partial charge in [-0.05, 0) is 31.0 Å². The summed E-state index contributed by atoms with van der Waals surface area (Å²) < 4.78 is 0. The maximum Gasteiger partial charge on any atom is 0.295 e. The zero-order chi connectivity index (χ0) is 14.1. The second kappa shape index (κ2) is 4.94. The van der Waals surface area contributed by atoms with Gasteiger partial charge in [0.25, 0.3) is 5.91 Å². The van der Waals surface area contributed by atoms with Gasteiger partial charge < -0.3 is 5.32 Å². The van der Waals surface area contributed by atoms with E-state index < -0.39 is 5.91 Å². The standard InChI is InChI=1S/C13H10ClN5O/c14-9-5-7(6-15)1-4-10(9)16-13(20)12-17-11(18-19-12)8-2-3-8/h1,4-5,8H,2-3H2,(H,16,20)(H,17,18,19). The Balaban J connectivity index is 1.76. The predicted octanol–water partition coefficient (Wildman–Crippen LogP) is 2.46. The predicted molar refractivity (Wildman–Crippen MR) is 72.5 cm³/mol. The molecule has 1 aliphatic carbocycles. The summed E-state index contributed by atoms with van der Waals surface area (Å²) in [6.07, 6.45) is 2.16. The van der Waals surface area contributed by atoms with E-state index >= 15 is 0 Å². The summed E-state index contributed by atoms with van der Waals surface area (Å²) in [6, 6.07) is 6.62. The van der Waals surface area contributed by atoms with Crippen molar-refractivity contribution in [3.05, 3.63) is 40.4 Å². The molecule has 2 aromatic rings. The second-order valence-corrected chi connectivity index (χ2v) is 4.99. The van der Waals surface area contributed by atoms with Crippen LogP contribution < -0.4 is 5.32 Å². The number of aromatic nitrogens is 3. The van der Waals surface area contributed by atoms with Crippen molar-refractivity contribution in [2.75, 3.05) is 5.32 Å². The molecule has 0 bridgehead atoms. The lowest BCUT2D eigenvalue weighted by molar-refractivity contribution is 0.101. The fourth-order valence-electron chi connectivity index (χ4n) is 1.78. The first-order valence-electron chi connectivity index (χ1n) is 6.10. The largest absolute Gasteiger partial charge is 0.318 e. The number of nitrogens with one attached hydrogen (secondary N) is 2. The van der Waals surface area contributed by atoms with Crippen molar-refractivity contribution in [3.8, 4) is 6.07 Å². The average Bonchev–Trinajstić information content (AvgIpc) is 3.18. The normalized spacial score (nSPS) is 13.8. The van der Waals surface area contributed by atoms with Crippen LogP contribution in [0.1, 0.15) is 40.8 Å². The van der Waals surface area contributed by atoms with E-state index in [1.165, 1.54) is 6.07 Å². The molecule has 1 aromatic heterocycles. The van der Waals surface area contributed by atoms with Gasteiger partial charge in [-0.2, -0.15) is 5.26 Å². The van der Waals surface area contributed by atoms with Crippen LogP contribution in [-0.4, -0.2) is 21.1 Å². The van der Waals surface area contributed by atoms with Crippen molar-refractivity contribution in [1.82, 2.24) is 15.2 Å². The van der Waals surface area contributed by atoms with Gasteiger partial charge in [0, 0.05) is 5.92 Å². The Morgan fingerprint density at radius 1 is 1.50 bits per heavy atom. The number of rotatable bonds is 3. The Bertz CT molecular complexity index is 714. The number of halogens is 1. The molecule has 1 aliphatic rings. The number of carbonyl (C=O) groups excluding carboxylic acids is 1. The van der Waals surface area contributed by atoms with E-state index in [4.69, 9.17) is 16.9 Å². The molecule has 1 aromatic carbocycles. The van der Waals surface area contributed by atoms with Gasteiger partial charge in [-0.1, -0.05) is 11.6 Å². The van der Waals surface area contributed by atoms with Crippen molar-refractivity contribution in [2.24, 2.45) is 0 Å². The molecule has 1 amide bonds. The number of hydrogen-bond donors (Lipinski definition) is 2. The fourth-order valence-corrected chi connectivity index (χ4v) is 2.01. The zero-order valence-electron chi connectivity index (χ0n) is 10.4. The Morgan fingerprint density at radius 3 is 2.95 bits per heavy atom.